The molecule has 0 N–H and O–H groups in total. The summed E-state index contributed by atoms with van der Waals surface area (Å²) < 4.78 is 33.8. The first-order valence-corrected chi connectivity index (χ1v) is 17.5. The van der Waals surface area contributed by atoms with Crippen molar-refractivity contribution in [2.24, 2.45) is 5.92 Å². The van der Waals surface area contributed by atoms with E-state index in [4.69, 9.17) is 35.8 Å². The molecular formula is C39H42ClFN4O3. The molecule has 0 radical (unpaired) electrons. The van der Waals surface area contributed by atoms with Crippen LogP contribution in [0.15, 0.2) is 48.5 Å². The minimum absolute atomic E-state index is 0.238. The maximum atomic E-state index is 16.6. The van der Waals surface area contributed by atoms with Crippen molar-refractivity contribution in [1.29, 1.82) is 0 Å². The number of rotatable bonds is 9. The molecule has 8 rings (SSSR count). The largest absolute Gasteiger partial charge is 0.481 e. The highest BCUT2D eigenvalue weighted by Crippen LogP contribution is 2.48. The highest BCUT2D eigenvalue weighted by Gasteiger charge is 2.40. The molecule has 2 atom stereocenters. The Hall–Kier alpha value is -3.56. The van der Waals surface area contributed by atoms with Gasteiger partial charge in [-0.05, 0) is 60.9 Å². The molecule has 4 aromatic rings. The summed E-state index contributed by atoms with van der Waals surface area (Å²) in [6.07, 6.45) is 5.40. The highest BCUT2D eigenvalue weighted by atomic mass is 35.5. The number of aryl methyl sites for hydroxylation is 2. The lowest BCUT2D eigenvalue weighted by molar-refractivity contribution is -0.0514. The molecule has 2 aromatic heterocycles. The normalized spacial score (nSPS) is 21.1. The van der Waals surface area contributed by atoms with E-state index in [0.717, 1.165) is 80.2 Å². The number of hydrogen-bond donors (Lipinski definition) is 0. The lowest BCUT2D eigenvalue weighted by Crippen LogP contribution is -2.52. The van der Waals surface area contributed by atoms with Crippen molar-refractivity contribution < 1.29 is 18.6 Å². The van der Waals surface area contributed by atoms with E-state index in [1.165, 1.54) is 17.5 Å². The summed E-state index contributed by atoms with van der Waals surface area (Å²) in [5, 5.41) is 0.456. The van der Waals surface area contributed by atoms with Gasteiger partial charge in [0.1, 0.15) is 5.82 Å². The third kappa shape index (κ3) is 5.20. The van der Waals surface area contributed by atoms with Crippen LogP contribution in [0.1, 0.15) is 60.5 Å². The first kappa shape index (κ1) is 31.7. The number of hydrogen-bond acceptors (Lipinski definition) is 7. The molecule has 0 spiro atoms. The van der Waals surface area contributed by atoms with E-state index in [0.29, 0.717) is 45.2 Å². The predicted molar refractivity (Wildman–Crippen MR) is 186 cm³/mol. The van der Waals surface area contributed by atoms with Gasteiger partial charge in [0.25, 0.3) is 0 Å². The topological polar surface area (TPSA) is 60.0 Å². The van der Waals surface area contributed by atoms with Crippen molar-refractivity contribution in [2.45, 2.75) is 57.2 Å². The van der Waals surface area contributed by atoms with Gasteiger partial charge in [-0.3, -0.25) is 9.80 Å². The number of ether oxygens (including phenoxy) is 3. The fourth-order valence-corrected chi connectivity index (χ4v) is 8.68. The molecule has 0 bridgehead atoms. The predicted octanol–water partition coefficient (Wildman–Crippen LogP) is 7.93. The number of benzene rings is 2. The molecule has 4 aliphatic rings. The van der Waals surface area contributed by atoms with Crippen molar-refractivity contribution in [3.63, 3.8) is 0 Å². The summed E-state index contributed by atoms with van der Waals surface area (Å²) in [6.45, 7) is 6.32. The van der Waals surface area contributed by atoms with Gasteiger partial charge in [-0.15, -0.1) is 0 Å². The van der Waals surface area contributed by atoms with Crippen LogP contribution in [0.2, 0.25) is 5.02 Å². The van der Waals surface area contributed by atoms with E-state index >= 15 is 4.39 Å². The maximum Gasteiger partial charge on any atom is 0.218 e. The van der Waals surface area contributed by atoms with Crippen LogP contribution < -0.4 is 9.47 Å². The van der Waals surface area contributed by atoms with E-state index < -0.39 is 0 Å². The van der Waals surface area contributed by atoms with Crippen LogP contribution in [0.5, 0.6) is 11.8 Å². The van der Waals surface area contributed by atoms with Gasteiger partial charge in [-0.1, -0.05) is 55.3 Å². The molecule has 9 heteroatoms. The first-order valence-electron chi connectivity index (χ1n) is 17.2. The Morgan fingerprint density at radius 3 is 1.83 bits per heavy atom. The van der Waals surface area contributed by atoms with Crippen LogP contribution in [0.4, 0.5) is 4.39 Å². The van der Waals surface area contributed by atoms with E-state index in [1.54, 1.807) is 33.5 Å². The lowest BCUT2D eigenvalue weighted by Gasteiger charge is -2.43. The van der Waals surface area contributed by atoms with Crippen molar-refractivity contribution in [2.75, 3.05) is 47.5 Å². The zero-order valence-corrected chi connectivity index (χ0v) is 28.8. The monoisotopic (exact) mass is 668 g/mol. The van der Waals surface area contributed by atoms with Gasteiger partial charge in [0.2, 0.25) is 11.8 Å². The summed E-state index contributed by atoms with van der Waals surface area (Å²) >= 11 is 7.14. The van der Waals surface area contributed by atoms with Crippen molar-refractivity contribution in [3.8, 4) is 45.4 Å². The summed E-state index contributed by atoms with van der Waals surface area (Å²) in [5.41, 5.74) is 8.22. The molecule has 2 aromatic carbocycles. The summed E-state index contributed by atoms with van der Waals surface area (Å²) in [7, 11) is 5.09. The van der Waals surface area contributed by atoms with Crippen LogP contribution in [0, 0.1) is 11.7 Å². The van der Waals surface area contributed by atoms with Crippen molar-refractivity contribution in [3.05, 3.63) is 81.6 Å². The lowest BCUT2D eigenvalue weighted by atomic mass is 9.93. The van der Waals surface area contributed by atoms with Gasteiger partial charge in [-0.2, -0.15) is 0 Å². The number of pyridine rings is 2. The smallest absolute Gasteiger partial charge is 0.218 e. The minimum Gasteiger partial charge on any atom is -0.481 e. The van der Waals surface area contributed by atoms with E-state index in [2.05, 4.69) is 22.8 Å². The zero-order valence-electron chi connectivity index (χ0n) is 28.1. The second-order valence-corrected chi connectivity index (χ2v) is 14.0. The molecule has 2 saturated heterocycles. The molecule has 48 heavy (non-hydrogen) atoms. The molecule has 250 valence electrons. The number of fused-ring (bicyclic) bond motifs is 2. The van der Waals surface area contributed by atoms with Gasteiger partial charge in [0.15, 0.2) is 0 Å². The van der Waals surface area contributed by atoms with Gasteiger partial charge in [0, 0.05) is 78.8 Å². The van der Waals surface area contributed by atoms with Crippen molar-refractivity contribution >= 4 is 11.6 Å². The van der Waals surface area contributed by atoms with Gasteiger partial charge >= 0.3 is 0 Å². The number of nitrogens with zero attached hydrogens (tertiary/aromatic N) is 4. The molecule has 0 amide bonds. The number of methoxy groups -OCH3 is 3. The van der Waals surface area contributed by atoms with Crippen molar-refractivity contribution in [1.82, 2.24) is 19.8 Å². The quantitative estimate of drug-likeness (QED) is 0.180. The summed E-state index contributed by atoms with van der Waals surface area (Å²) in [6, 6.07) is 15.9. The molecule has 2 aliphatic carbocycles. The molecule has 2 fully saturated rings. The zero-order chi connectivity index (χ0) is 33.1. The summed E-state index contributed by atoms with van der Waals surface area (Å²) in [5.74, 6) is 1.63. The Kier molecular flexibility index (Phi) is 8.40. The van der Waals surface area contributed by atoms with Crippen LogP contribution in [-0.4, -0.2) is 73.4 Å². The average molecular weight is 669 g/mol. The summed E-state index contributed by atoms with van der Waals surface area (Å²) in [4.78, 5) is 14.8. The van der Waals surface area contributed by atoms with E-state index in [-0.39, 0.29) is 18.0 Å². The average Bonchev–Trinajstić information content (AvgIpc) is 3.68. The molecule has 4 heterocycles. The molecule has 0 unspecified atom stereocenters. The standard InChI is InChI=1S/C39H42ClFN4O3/c1-5-22-18-44(19-22)32-14-12-23-16-30(42-38(47-3)34(23)32)28-10-6-8-26(36(28)40)27-9-7-11-29(37(27)41)31-17-24-13-15-33(35(24)39(43-31)48-4)45-20-25(21-45)46-2/h6-11,16-17,22,25,32-33H,5,12-15,18-21H2,1-4H3/t32-,33-/m1/s1. The third-order valence-electron chi connectivity index (χ3n) is 11.1. The molecule has 2 aliphatic heterocycles. The highest BCUT2D eigenvalue weighted by molar-refractivity contribution is 6.36. The maximum absolute atomic E-state index is 16.6. The fraction of sp³-hybridized carbons (Fsp3) is 0.436. The minimum atomic E-state index is -0.367. The number of halogens is 2. The Morgan fingerprint density at radius 1 is 0.750 bits per heavy atom. The number of likely N-dealkylation sites (tertiary alicyclic amines) is 2. The van der Waals surface area contributed by atoms with Gasteiger partial charge in [0.05, 0.1) is 36.7 Å². The Balaban J connectivity index is 1.12. The third-order valence-corrected chi connectivity index (χ3v) is 11.5. The van der Waals surface area contributed by atoms with E-state index in [9.17, 15) is 0 Å². The Bertz CT molecular complexity index is 1740. The number of aromatic nitrogens is 2. The van der Waals surface area contributed by atoms with Crippen LogP contribution in [-0.2, 0) is 17.6 Å². The van der Waals surface area contributed by atoms with Gasteiger partial charge in [-0.25, -0.2) is 14.4 Å². The molecule has 7 nitrogen and oxygen atoms in total. The Morgan fingerprint density at radius 2 is 1.27 bits per heavy atom. The second-order valence-electron chi connectivity index (χ2n) is 13.7. The molecule has 0 saturated carbocycles. The van der Waals surface area contributed by atoms with Crippen LogP contribution >= 0.6 is 11.6 Å². The SMILES string of the molecule is CCC1CN([C@@H]2CCc3cc(-c4cccc(-c5cccc(-c6cc7c(c(OC)n6)[C@H](N6CC(OC)C6)CC7)c5F)c4Cl)nc(OC)c32)C1. The van der Waals surface area contributed by atoms with Gasteiger partial charge < -0.3 is 14.2 Å². The first-order chi connectivity index (χ1) is 23.4. The van der Waals surface area contributed by atoms with E-state index in [1.807, 2.05) is 30.3 Å². The molecular weight excluding hydrogens is 627 g/mol. The fourth-order valence-electron chi connectivity index (χ4n) is 8.35. The second kappa shape index (κ2) is 12.7. The van der Waals surface area contributed by atoms with Crippen LogP contribution in [0.25, 0.3) is 33.6 Å². The van der Waals surface area contributed by atoms with Crippen LogP contribution in [0.3, 0.4) is 0 Å². The Labute approximate surface area is 287 Å².